The van der Waals surface area contributed by atoms with Crippen LogP contribution in [0.5, 0.6) is 5.75 Å². The number of hydrogen-bond donors (Lipinski definition) is 4. The molecule has 2 rings (SSSR count). The molecule has 0 saturated heterocycles. The number of esters is 1. The molecule has 28 heavy (non-hydrogen) atoms. The summed E-state index contributed by atoms with van der Waals surface area (Å²) in [5.74, 6) is -1.60. The summed E-state index contributed by atoms with van der Waals surface area (Å²) in [5.41, 5.74) is 12.1. The molecule has 0 aliphatic heterocycles. The lowest BCUT2D eigenvalue weighted by molar-refractivity contribution is -0.123. The second-order valence-electron chi connectivity index (χ2n) is 6.00. The minimum absolute atomic E-state index is 0.0963. The van der Waals surface area contributed by atoms with Crippen molar-refractivity contribution in [3.05, 3.63) is 45.9 Å². The number of nitrogens with one attached hydrogen (secondary N) is 1. The molecule has 0 bridgehead atoms. The van der Waals surface area contributed by atoms with Crippen LogP contribution < -0.4 is 16.8 Å². The van der Waals surface area contributed by atoms with Crippen LogP contribution >= 0.6 is 11.3 Å². The van der Waals surface area contributed by atoms with E-state index in [4.69, 9.17) is 16.2 Å². The zero-order chi connectivity index (χ0) is 20.7. The van der Waals surface area contributed by atoms with E-state index in [2.05, 4.69) is 10.3 Å². The lowest BCUT2D eigenvalue weighted by atomic mass is 10.1. The molecule has 150 valence electrons. The van der Waals surface area contributed by atoms with Crippen molar-refractivity contribution in [2.45, 2.75) is 31.8 Å². The molecule has 0 aliphatic carbocycles. The van der Waals surface area contributed by atoms with Gasteiger partial charge in [-0.05, 0) is 31.0 Å². The molecular formula is C18H22N4O5S. The first-order valence-electron chi connectivity index (χ1n) is 8.54. The maximum Gasteiger partial charge on any atom is 0.357 e. The zero-order valence-corrected chi connectivity index (χ0v) is 16.1. The van der Waals surface area contributed by atoms with Crippen LogP contribution in [0.3, 0.4) is 0 Å². The van der Waals surface area contributed by atoms with E-state index >= 15 is 0 Å². The van der Waals surface area contributed by atoms with E-state index in [1.807, 2.05) is 0 Å². The summed E-state index contributed by atoms with van der Waals surface area (Å²) in [4.78, 5) is 39.8. The number of hydrogen-bond acceptors (Lipinski definition) is 8. The van der Waals surface area contributed by atoms with Crippen molar-refractivity contribution in [2.24, 2.45) is 11.5 Å². The maximum atomic E-state index is 12.5. The third-order valence-corrected chi connectivity index (χ3v) is 4.71. The Morgan fingerprint density at radius 2 is 1.96 bits per heavy atom. The molecule has 0 radical (unpaired) electrons. The van der Waals surface area contributed by atoms with Gasteiger partial charge < -0.3 is 26.6 Å². The Morgan fingerprint density at radius 1 is 1.29 bits per heavy atom. The van der Waals surface area contributed by atoms with Gasteiger partial charge in [0.05, 0.1) is 25.1 Å². The second-order valence-corrected chi connectivity index (χ2v) is 6.89. The lowest BCUT2D eigenvalue weighted by Crippen LogP contribution is -2.44. The van der Waals surface area contributed by atoms with Gasteiger partial charge in [-0.15, -0.1) is 11.3 Å². The van der Waals surface area contributed by atoms with Crippen LogP contribution in [0.1, 0.15) is 40.4 Å². The SMILES string of the molecule is CCOC(=O)c1csc([C@H](CC(N)=O)NC(=O)[C@H](N)Cc2ccc(O)cc2)n1. The Hall–Kier alpha value is -2.98. The zero-order valence-electron chi connectivity index (χ0n) is 15.3. The Kier molecular flexibility index (Phi) is 7.47. The number of phenols is 1. The Labute approximate surface area is 165 Å². The van der Waals surface area contributed by atoms with Crippen LogP contribution in [-0.4, -0.2) is 40.5 Å². The van der Waals surface area contributed by atoms with Gasteiger partial charge in [-0.3, -0.25) is 9.59 Å². The quantitative estimate of drug-likeness (QED) is 0.445. The average Bonchev–Trinajstić information content (AvgIpc) is 3.13. The molecule has 1 aromatic heterocycles. The second kappa shape index (κ2) is 9.81. The molecular weight excluding hydrogens is 384 g/mol. The van der Waals surface area contributed by atoms with Crippen molar-refractivity contribution in [3.63, 3.8) is 0 Å². The number of thiazole rings is 1. The number of benzene rings is 1. The predicted octanol–water partition coefficient (Wildman–Crippen LogP) is 0.628. The predicted molar refractivity (Wildman–Crippen MR) is 103 cm³/mol. The molecule has 0 fully saturated rings. The summed E-state index contributed by atoms with van der Waals surface area (Å²) in [6.07, 6.45) is 0.0504. The maximum absolute atomic E-state index is 12.5. The number of carbonyl (C=O) groups excluding carboxylic acids is 3. The number of carbonyl (C=O) groups is 3. The Morgan fingerprint density at radius 3 is 2.57 bits per heavy atom. The van der Waals surface area contributed by atoms with Crippen molar-refractivity contribution >= 4 is 29.1 Å². The first kappa shape index (κ1) is 21.3. The number of aromatic nitrogens is 1. The Balaban J connectivity index is 2.08. The molecule has 2 amide bonds. The van der Waals surface area contributed by atoms with Crippen LogP contribution in [0.4, 0.5) is 0 Å². The van der Waals surface area contributed by atoms with Gasteiger partial charge in [0.25, 0.3) is 0 Å². The standard InChI is InChI=1S/C18H22N4O5S/c1-2-27-18(26)14-9-28-17(22-14)13(8-15(20)24)21-16(25)12(19)7-10-3-5-11(23)6-4-10/h3-6,9,12-13,23H,2,7-8,19H2,1H3,(H2,20,24)(H,21,25)/t12-,13+/m1/s1. The fourth-order valence-corrected chi connectivity index (χ4v) is 3.24. The number of rotatable bonds is 9. The molecule has 0 aliphatic rings. The fourth-order valence-electron chi connectivity index (χ4n) is 2.41. The van der Waals surface area contributed by atoms with Gasteiger partial charge in [0.2, 0.25) is 11.8 Å². The van der Waals surface area contributed by atoms with Gasteiger partial charge in [0.15, 0.2) is 5.69 Å². The fraction of sp³-hybridized carbons (Fsp3) is 0.333. The number of amides is 2. The molecule has 2 atom stereocenters. The van der Waals surface area contributed by atoms with Gasteiger partial charge in [0, 0.05) is 5.38 Å². The molecule has 9 nitrogen and oxygen atoms in total. The number of aromatic hydroxyl groups is 1. The topological polar surface area (TPSA) is 158 Å². The number of nitrogens with two attached hydrogens (primary N) is 2. The van der Waals surface area contributed by atoms with Crippen LogP contribution in [-0.2, 0) is 20.7 Å². The minimum Gasteiger partial charge on any atom is -0.508 e. The summed E-state index contributed by atoms with van der Waals surface area (Å²) in [6, 6.07) is 4.64. The van der Waals surface area contributed by atoms with E-state index in [0.29, 0.717) is 5.01 Å². The van der Waals surface area contributed by atoms with Gasteiger partial charge in [-0.2, -0.15) is 0 Å². The van der Waals surface area contributed by atoms with Crippen molar-refractivity contribution in [1.82, 2.24) is 10.3 Å². The van der Waals surface area contributed by atoms with Gasteiger partial charge >= 0.3 is 5.97 Å². The number of nitrogens with zero attached hydrogens (tertiary/aromatic N) is 1. The number of ether oxygens (including phenoxy) is 1. The van der Waals surface area contributed by atoms with Crippen molar-refractivity contribution in [2.75, 3.05) is 6.61 Å². The highest BCUT2D eigenvalue weighted by Gasteiger charge is 2.25. The van der Waals surface area contributed by atoms with Crippen LogP contribution in [0.2, 0.25) is 0 Å². The summed E-state index contributed by atoms with van der Waals surface area (Å²) in [6.45, 7) is 1.88. The smallest absolute Gasteiger partial charge is 0.357 e. The largest absolute Gasteiger partial charge is 0.508 e. The molecule has 1 aromatic carbocycles. The minimum atomic E-state index is -0.885. The van der Waals surface area contributed by atoms with Gasteiger partial charge in [-0.25, -0.2) is 9.78 Å². The molecule has 0 spiro atoms. The highest BCUT2D eigenvalue weighted by molar-refractivity contribution is 7.09. The normalized spacial score (nSPS) is 12.8. The molecule has 1 heterocycles. The van der Waals surface area contributed by atoms with E-state index in [1.54, 1.807) is 19.1 Å². The molecule has 10 heteroatoms. The van der Waals surface area contributed by atoms with E-state index in [0.717, 1.165) is 16.9 Å². The number of primary amides is 1. The molecule has 0 unspecified atom stereocenters. The summed E-state index contributed by atoms with van der Waals surface area (Å²) < 4.78 is 4.88. The van der Waals surface area contributed by atoms with Crippen molar-refractivity contribution in [3.8, 4) is 5.75 Å². The summed E-state index contributed by atoms with van der Waals surface area (Å²) in [7, 11) is 0. The summed E-state index contributed by atoms with van der Waals surface area (Å²) in [5, 5.41) is 13.8. The summed E-state index contributed by atoms with van der Waals surface area (Å²) >= 11 is 1.11. The van der Waals surface area contributed by atoms with E-state index in [9.17, 15) is 19.5 Å². The monoisotopic (exact) mass is 406 g/mol. The lowest BCUT2D eigenvalue weighted by Gasteiger charge is -2.18. The highest BCUT2D eigenvalue weighted by Crippen LogP contribution is 2.22. The third-order valence-electron chi connectivity index (χ3n) is 3.76. The molecule has 2 aromatic rings. The number of phenolic OH excluding ortho intramolecular Hbond substituents is 1. The molecule has 0 saturated carbocycles. The Bertz CT molecular complexity index is 837. The van der Waals surface area contributed by atoms with E-state index < -0.39 is 29.9 Å². The van der Waals surface area contributed by atoms with Gasteiger partial charge in [0.1, 0.15) is 10.8 Å². The van der Waals surface area contributed by atoms with E-state index in [-0.39, 0.29) is 30.9 Å². The first-order valence-corrected chi connectivity index (χ1v) is 9.42. The van der Waals surface area contributed by atoms with Crippen LogP contribution in [0.25, 0.3) is 0 Å². The molecule has 6 N–H and O–H groups in total. The van der Waals surface area contributed by atoms with Crippen molar-refractivity contribution < 1.29 is 24.2 Å². The van der Waals surface area contributed by atoms with Crippen LogP contribution in [0.15, 0.2) is 29.6 Å². The first-order chi connectivity index (χ1) is 13.3. The van der Waals surface area contributed by atoms with E-state index in [1.165, 1.54) is 17.5 Å². The van der Waals surface area contributed by atoms with Crippen molar-refractivity contribution in [1.29, 1.82) is 0 Å². The van der Waals surface area contributed by atoms with Crippen LogP contribution in [0, 0.1) is 0 Å². The third kappa shape index (κ3) is 6.03. The van der Waals surface area contributed by atoms with Gasteiger partial charge in [-0.1, -0.05) is 12.1 Å². The average molecular weight is 406 g/mol. The highest BCUT2D eigenvalue weighted by atomic mass is 32.1.